The molecule has 130 valence electrons. The average Bonchev–Trinajstić information content (AvgIpc) is 2.57. The SMILES string of the molecule is Cc1cccc(OCC(=O)NNC(=O)c2ccc(Cl)cc2[N+](=O)[O-])c1. The summed E-state index contributed by atoms with van der Waals surface area (Å²) in [7, 11) is 0. The van der Waals surface area contributed by atoms with Crippen LogP contribution in [0.25, 0.3) is 0 Å². The smallest absolute Gasteiger partial charge is 0.283 e. The Hall–Kier alpha value is -3.13. The van der Waals surface area contributed by atoms with Gasteiger partial charge in [0.05, 0.1) is 4.92 Å². The van der Waals surface area contributed by atoms with Gasteiger partial charge in [-0.15, -0.1) is 0 Å². The van der Waals surface area contributed by atoms with Crippen LogP contribution in [0.3, 0.4) is 0 Å². The van der Waals surface area contributed by atoms with Crippen LogP contribution in [-0.4, -0.2) is 23.3 Å². The van der Waals surface area contributed by atoms with Crippen molar-refractivity contribution in [2.45, 2.75) is 6.92 Å². The van der Waals surface area contributed by atoms with E-state index >= 15 is 0 Å². The molecule has 0 bridgehead atoms. The molecule has 0 aliphatic carbocycles. The number of aryl methyl sites for hydroxylation is 1. The summed E-state index contributed by atoms with van der Waals surface area (Å²) >= 11 is 5.68. The number of rotatable bonds is 5. The van der Waals surface area contributed by atoms with Gasteiger partial charge in [-0.1, -0.05) is 23.7 Å². The van der Waals surface area contributed by atoms with Crippen LogP contribution in [0.2, 0.25) is 5.02 Å². The van der Waals surface area contributed by atoms with E-state index < -0.39 is 22.4 Å². The third-order valence-corrected chi connectivity index (χ3v) is 3.31. The third-order valence-electron chi connectivity index (χ3n) is 3.08. The number of carbonyl (C=O) groups excluding carboxylic acids is 2. The fourth-order valence-electron chi connectivity index (χ4n) is 1.93. The maximum Gasteiger partial charge on any atom is 0.283 e. The summed E-state index contributed by atoms with van der Waals surface area (Å²) in [5, 5.41) is 11.1. The van der Waals surface area contributed by atoms with E-state index in [2.05, 4.69) is 10.9 Å². The van der Waals surface area contributed by atoms with Crippen molar-refractivity contribution in [3.05, 3.63) is 68.7 Å². The van der Waals surface area contributed by atoms with Crippen LogP contribution >= 0.6 is 11.6 Å². The summed E-state index contributed by atoms with van der Waals surface area (Å²) in [5.41, 5.74) is 4.51. The molecule has 8 nitrogen and oxygen atoms in total. The van der Waals surface area contributed by atoms with Crippen molar-refractivity contribution in [1.29, 1.82) is 0 Å². The number of hydrogen-bond acceptors (Lipinski definition) is 5. The summed E-state index contributed by atoms with van der Waals surface area (Å²) < 4.78 is 5.28. The number of hydrogen-bond donors (Lipinski definition) is 2. The molecular weight excluding hydrogens is 350 g/mol. The Morgan fingerprint density at radius 2 is 1.96 bits per heavy atom. The number of benzene rings is 2. The number of amides is 2. The molecule has 0 radical (unpaired) electrons. The van der Waals surface area contributed by atoms with Crippen LogP contribution in [-0.2, 0) is 4.79 Å². The molecule has 9 heteroatoms. The van der Waals surface area contributed by atoms with Crippen LogP contribution in [0.1, 0.15) is 15.9 Å². The van der Waals surface area contributed by atoms with Gasteiger partial charge < -0.3 is 4.74 Å². The average molecular weight is 364 g/mol. The Balaban J connectivity index is 1.91. The Bertz CT molecular complexity index is 825. The van der Waals surface area contributed by atoms with Crippen LogP contribution < -0.4 is 15.6 Å². The summed E-state index contributed by atoms with van der Waals surface area (Å²) in [5.74, 6) is -0.950. The van der Waals surface area contributed by atoms with Crippen molar-refractivity contribution in [1.82, 2.24) is 10.9 Å². The molecule has 0 aliphatic heterocycles. The zero-order chi connectivity index (χ0) is 18.4. The molecule has 0 saturated carbocycles. The van der Waals surface area contributed by atoms with E-state index in [0.717, 1.165) is 11.6 Å². The van der Waals surface area contributed by atoms with Crippen molar-refractivity contribution >= 4 is 29.1 Å². The molecule has 2 rings (SSSR count). The summed E-state index contributed by atoms with van der Waals surface area (Å²) in [6.07, 6.45) is 0. The number of carbonyl (C=O) groups is 2. The number of halogens is 1. The van der Waals surface area contributed by atoms with E-state index in [1.54, 1.807) is 18.2 Å². The zero-order valence-corrected chi connectivity index (χ0v) is 13.9. The third kappa shape index (κ3) is 5.18. The highest BCUT2D eigenvalue weighted by molar-refractivity contribution is 6.31. The molecule has 2 N–H and O–H groups in total. The molecule has 0 atom stereocenters. The Morgan fingerprint density at radius 3 is 2.64 bits per heavy atom. The van der Waals surface area contributed by atoms with Crippen LogP contribution in [0, 0.1) is 17.0 Å². The fourth-order valence-corrected chi connectivity index (χ4v) is 2.10. The van der Waals surface area contributed by atoms with E-state index in [1.165, 1.54) is 12.1 Å². The lowest BCUT2D eigenvalue weighted by atomic mass is 10.2. The highest BCUT2D eigenvalue weighted by atomic mass is 35.5. The lowest BCUT2D eigenvalue weighted by molar-refractivity contribution is -0.385. The first kappa shape index (κ1) is 18.2. The van der Waals surface area contributed by atoms with Crippen LogP contribution in [0.5, 0.6) is 5.75 Å². The number of nitro groups is 1. The summed E-state index contributed by atoms with van der Waals surface area (Å²) in [6.45, 7) is 1.55. The zero-order valence-electron chi connectivity index (χ0n) is 13.1. The summed E-state index contributed by atoms with van der Waals surface area (Å²) in [6, 6.07) is 10.7. The molecule has 0 spiro atoms. The molecule has 0 fully saturated rings. The number of ether oxygens (including phenoxy) is 1. The van der Waals surface area contributed by atoms with E-state index in [1.807, 2.05) is 13.0 Å². The van der Waals surface area contributed by atoms with Crippen molar-refractivity contribution < 1.29 is 19.2 Å². The molecule has 25 heavy (non-hydrogen) atoms. The van der Waals surface area contributed by atoms with Crippen molar-refractivity contribution in [2.24, 2.45) is 0 Å². The number of nitrogens with zero attached hydrogens (tertiary/aromatic N) is 1. The monoisotopic (exact) mass is 363 g/mol. The normalized spacial score (nSPS) is 10.0. The summed E-state index contributed by atoms with van der Waals surface area (Å²) in [4.78, 5) is 33.9. The molecule has 0 unspecified atom stereocenters. The predicted octanol–water partition coefficient (Wildman–Crippen LogP) is 2.40. The molecule has 0 aromatic heterocycles. The maximum absolute atomic E-state index is 12.0. The predicted molar refractivity (Wildman–Crippen MR) is 90.4 cm³/mol. The number of nitrogens with one attached hydrogen (secondary N) is 2. The highest BCUT2D eigenvalue weighted by Crippen LogP contribution is 2.22. The molecule has 0 saturated heterocycles. The lowest BCUT2D eigenvalue weighted by Crippen LogP contribution is -2.44. The highest BCUT2D eigenvalue weighted by Gasteiger charge is 2.20. The fraction of sp³-hybridized carbons (Fsp3) is 0.125. The topological polar surface area (TPSA) is 111 Å². The molecular formula is C16H14ClN3O5. The Kier molecular flexibility index (Phi) is 5.91. The van der Waals surface area contributed by atoms with E-state index in [0.29, 0.717) is 5.75 Å². The van der Waals surface area contributed by atoms with E-state index in [4.69, 9.17) is 16.3 Å². The number of nitro benzene ring substituents is 1. The van der Waals surface area contributed by atoms with Crippen LogP contribution in [0.4, 0.5) is 5.69 Å². The van der Waals surface area contributed by atoms with Gasteiger partial charge >= 0.3 is 0 Å². The molecule has 0 heterocycles. The first-order valence-electron chi connectivity index (χ1n) is 7.09. The Labute approximate surface area is 147 Å². The lowest BCUT2D eigenvalue weighted by Gasteiger charge is -2.09. The number of hydrazine groups is 1. The van der Waals surface area contributed by atoms with Gasteiger partial charge in [0.1, 0.15) is 11.3 Å². The van der Waals surface area contributed by atoms with Gasteiger partial charge in [0.15, 0.2) is 6.61 Å². The standard InChI is InChI=1S/C16H14ClN3O5/c1-10-3-2-4-12(7-10)25-9-15(21)18-19-16(22)13-6-5-11(17)8-14(13)20(23)24/h2-8H,9H2,1H3,(H,18,21)(H,19,22). The second-order valence-electron chi connectivity index (χ2n) is 5.03. The molecule has 0 aliphatic rings. The second kappa shape index (κ2) is 8.11. The van der Waals surface area contributed by atoms with Crippen molar-refractivity contribution in [3.8, 4) is 5.75 Å². The van der Waals surface area contributed by atoms with Gasteiger partial charge in [-0.2, -0.15) is 0 Å². The first-order chi connectivity index (χ1) is 11.9. The molecule has 2 aromatic carbocycles. The van der Waals surface area contributed by atoms with Gasteiger partial charge in [-0.05, 0) is 36.8 Å². The van der Waals surface area contributed by atoms with E-state index in [-0.39, 0.29) is 17.2 Å². The largest absolute Gasteiger partial charge is 0.484 e. The van der Waals surface area contributed by atoms with Crippen molar-refractivity contribution in [3.63, 3.8) is 0 Å². The molecule has 2 aromatic rings. The van der Waals surface area contributed by atoms with Gasteiger partial charge in [-0.25, -0.2) is 0 Å². The van der Waals surface area contributed by atoms with E-state index in [9.17, 15) is 19.7 Å². The van der Waals surface area contributed by atoms with Gasteiger partial charge in [0.25, 0.3) is 17.5 Å². The minimum atomic E-state index is -0.840. The van der Waals surface area contributed by atoms with Gasteiger partial charge in [0, 0.05) is 11.1 Å². The Morgan fingerprint density at radius 1 is 1.20 bits per heavy atom. The van der Waals surface area contributed by atoms with Gasteiger partial charge in [0.2, 0.25) is 0 Å². The minimum Gasteiger partial charge on any atom is -0.484 e. The van der Waals surface area contributed by atoms with Gasteiger partial charge in [-0.3, -0.25) is 30.6 Å². The minimum absolute atomic E-state index is 0.124. The van der Waals surface area contributed by atoms with Crippen molar-refractivity contribution in [2.75, 3.05) is 6.61 Å². The molecule has 2 amide bonds. The first-order valence-corrected chi connectivity index (χ1v) is 7.47. The van der Waals surface area contributed by atoms with Crippen LogP contribution in [0.15, 0.2) is 42.5 Å². The maximum atomic E-state index is 12.0. The quantitative estimate of drug-likeness (QED) is 0.626. The second-order valence-corrected chi connectivity index (χ2v) is 5.46.